The number of pyridine rings is 3. The Hall–Kier alpha value is -8.15. The number of benzene rings is 3. The van der Waals surface area contributed by atoms with Crippen molar-refractivity contribution in [2.24, 2.45) is 0 Å². The highest BCUT2D eigenvalue weighted by Crippen LogP contribution is 2.44. The summed E-state index contributed by atoms with van der Waals surface area (Å²) in [5.74, 6) is -0.959. The van der Waals surface area contributed by atoms with E-state index in [9.17, 15) is 29.0 Å². The van der Waals surface area contributed by atoms with Crippen LogP contribution in [0.3, 0.4) is 0 Å². The van der Waals surface area contributed by atoms with Gasteiger partial charge < -0.3 is 39.4 Å². The summed E-state index contributed by atoms with van der Waals surface area (Å²) in [5, 5.41) is 26.4. The third-order valence-electron chi connectivity index (χ3n) is 16.7. The number of piperazine rings is 1. The number of aromatic hydroxyl groups is 1. The van der Waals surface area contributed by atoms with Crippen LogP contribution >= 0.6 is 0 Å². The third kappa shape index (κ3) is 7.52. The lowest BCUT2D eigenvalue weighted by Crippen LogP contribution is -2.56. The molecule has 7 aromatic rings. The predicted octanol–water partition coefficient (Wildman–Crippen LogP) is 7.15. The van der Waals surface area contributed by atoms with Crippen molar-refractivity contribution in [3.63, 3.8) is 0 Å². The molecule has 0 radical (unpaired) electrons. The molecule has 20 heteroatoms. The molecular weight excluding hydrogens is 999 g/mol. The van der Waals surface area contributed by atoms with E-state index in [-0.39, 0.29) is 137 Å². The topological polar surface area (TPSA) is 188 Å². The van der Waals surface area contributed by atoms with Crippen LogP contribution in [0.4, 0.5) is 29.1 Å². The van der Waals surface area contributed by atoms with E-state index in [1.807, 2.05) is 11.0 Å². The maximum absolute atomic E-state index is 17.4. The minimum absolute atomic E-state index is 0.00528. The number of phenolic OH excluding ortho intramolecular Hbond substituents is 1. The van der Waals surface area contributed by atoms with Gasteiger partial charge in [-0.25, -0.2) is 27.3 Å². The minimum Gasteiger partial charge on any atom is -0.508 e. The number of rotatable bonds is 10. The van der Waals surface area contributed by atoms with Crippen molar-refractivity contribution >= 4 is 56.0 Å². The summed E-state index contributed by atoms with van der Waals surface area (Å²) in [6.07, 6.45) is 9.29. The first-order valence-electron chi connectivity index (χ1n) is 25.7. The fourth-order valence-corrected chi connectivity index (χ4v) is 12.9. The van der Waals surface area contributed by atoms with Crippen LogP contribution in [0, 0.1) is 29.8 Å². The average molecular weight is 1050 g/mol. The van der Waals surface area contributed by atoms with Gasteiger partial charge in [-0.1, -0.05) is 25.5 Å². The van der Waals surface area contributed by atoms with E-state index in [0.717, 1.165) is 13.0 Å². The first kappa shape index (κ1) is 48.5. The molecule has 13 rings (SSSR count). The highest BCUT2D eigenvalue weighted by atomic mass is 19.1. The van der Waals surface area contributed by atoms with E-state index in [2.05, 4.69) is 32.7 Å². The van der Waals surface area contributed by atoms with E-state index >= 15 is 13.2 Å². The Balaban J connectivity index is 0.765. The number of cyclic esters (lactones) is 1. The summed E-state index contributed by atoms with van der Waals surface area (Å²) >= 11 is 0. The molecule has 4 aromatic heterocycles. The van der Waals surface area contributed by atoms with E-state index in [4.69, 9.17) is 25.9 Å². The Morgan fingerprint density at radius 1 is 1.01 bits per heavy atom. The average Bonchev–Trinajstić information content (AvgIpc) is 4.33. The minimum atomic E-state index is -1.99. The normalized spacial score (nSPS) is 23.2. The van der Waals surface area contributed by atoms with Crippen LogP contribution in [-0.4, -0.2) is 120 Å². The molecule has 77 heavy (non-hydrogen) atoms. The molecule has 0 saturated carbocycles. The number of esters is 1. The summed E-state index contributed by atoms with van der Waals surface area (Å²) in [5.41, 5.74) is -0.989. The molecule has 10 heterocycles. The number of amides is 1. The molecule has 3 aromatic carbocycles. The lowest BCUT2D eigenvalue weighted by Gasteiger charge is -2.42. The van der Waals surface area contributed by atoms with Gasteiger partial charge in [0.25, 0.3) is 11.5 Å². The fourth-order valence-electron chi connectivity index (χ4n) is 12.9. The van der Waals surface area contributed by atoms with Crippen molar-refractivity contribution in [1.82, 2.24) is 34.3 Å². The van der Waals surface area contributed by atoms with Gasteiger partial charge in [0.2, 0.25) is 0 Å². The second-order valence-corrected chi connectivity index (χ2v) is 21.1. The summed E-state index contributed by atoms with van der Waals surface area (Å²) in [4.78, 5) is 65.2. The van der Waals surface area contributed by atoms with E-state index < -0.39 is 46.3 Å². The molecule has 4 saturated heterocycles. The number of terminal acetylenes is 1. The first-order valence-corrected chi connectivity index (χ1v) is 25.7. The zero-order valence-corrected chi connectivity index (χ0v) is 41.6. The van der Waals surface area contributed by atoms with Crippen molar-refractivity contribution in [3.05, 3.63) is 117 Å². The van der Waals surface area contributed by atoms with Crippen LogP contribution in [0.15, 0.2) is 71.7 Å². The number of nitrogens with one attached hydrogen (secondary N) is 1. The van der Waals surface area contributed by atoms with Crippen molar-refractivity contribution < 1.29 is 46.8 Å². The molecule has 4 fully saturated rings. The number of phenols is 1. The van der Waals surface area contributed by atoms with Gasteiger partial charge >= 0.3 is 12.0 Å². The molecule has 0 spiro atoms. The Kier molecular flexibility index (Phi) is 11.2. The number of alkyl halides is 1. The molecule has 3 N–H and O–H groups in total. The van der Waals surface area contributed by atoms with E-state index in [1.54, 1.807) is 24.0 Å². The maximum Gasteiger partial charge on any atom is 0.343 e. The highest BCUT2D eigenvalue weighted by molar-refractivity contribution is 6.03. The van der Waals surface area contributed by atoms with Crippen molar-refractivity contribution in [2.45, 2.75) is 88.0 Å². The number of ether oxygens (including phenoxy) is 2. The molecule has 16 nitrogen and oxygen atoms in total. The zero-order chi connectivity index (χ0) is 53.4. The molecule has 2 bridgehead atoms. The summed E-state index contributed by atoms with van der Waals surface area (Å²) in [6, 6.07) is 10.7. The number of anilines is 2. The molecular formula is C57H49F4N9O7. The van der Waals surface area contributed by atoms with Gasteiger partial charge in [0.1, 0.15) is 53.8 Å². The Morgan fingerprint density at radius 2 is 1.82 bits per heavy atom. The van der Waals surface area contributed by atoms with Gasteiger partial charge in [0.15, 0.2) is 11.4 Å². The van der Waals surface area contributed by atoms with Gasteiger partial charge in [-0.05, 0) is 80.4 Å². The number of aliphatic hydroxyl groups is 1. The van der Waals surface area contributed by atoms with Gasteiger partial charge in [0.05, 0.1) is 63.3 Å². The summed E-state index contributed by atoms with van der Waals surface area (Å²) in [7, 11) is 0. The third-order valence-corrected chi connectivity index (χ3v) is 16.7. The zero-order valence-electron chi connectivity index (χ0n) is 41.6. The first-order chi connectivity index (χ1) is 37.1. The summed E-state index contributed by atoms with van der Waals surface area (Å²) in [6.45, 7) is 7.19. The lowest BCUT2D eigenvalue weighted by atomic mass is 9.86. The molecule has 6 aliphatic rings. The van der Waals surface area contributed by atoms with Crippen LogP contribution in [-0.2, 0) is 33.1 Å². The molecule has 2 unspecified atom stereocenters. The van der Waals surface area contributed by atoms with Gasteiger partial charge in [-0.2, -0.15) is 9.97 Å². The number of nitrogens with zero attached hydrogens (tertiary/aromatic N) is 8. The number of aromatic nitrogens is 5. The molecule has 392 valence electrons. The number of hydrogen-bond acceptors (Lipinski definition) is 14. The number of hydrogen-bond donors (Lipinski definition) is 3. The van der Waals surface area contributed by atoms with Gasteiger partial charge in [-0.15, -0.1) is 6.42 Å². The predicted molar refractivity (Wildman–Crippen MR) is 276 cm³/mol. The number of carbonyl (C=O) groups is 2. The highest BCUT2D eigenvalue weighted by Gasteiger charge is 2.50. The quantitative estimate of drug-likeness (QED) is 0.0543. The van der Waals surface area contributed by atoms with Crippen LogP contribution < -0.4 is 20.5 Å². The number of carbonyl (C=O) groups excluding carboxylic acids is 2. The van der Waals surface area contributed by atoms with E-state index in [1.165, 1.54) is 41.1 Å². The van der Waals surface area contributed by atoms with E-state index in [0.29, 0.717) is 64.9 Å². The number of halogens is 4. The second kappa shape index (κ2) is 17.7. The molecule has 5 atom stereocenters. The molecule has 1 amide bonds. The van der Waals surface area contributed by atoms with Crippen LogP contribution in [0.5, 0.6) is 11.8 Å². The van der Waals surface area contributed by atoms with Gasteiger partial charge in [0, 0.05) is 77.9 Å². The Labute approximate surface area is 437 Å². The number of fused-ring (bicyclic) bond motifs is 10. The SMILES string of the molecule is C#Cc1c(F)ccc2cc(O)cc(-c3ncc4c(N5CC6CCC(C5)N6C(=O)C(=C)CNc5cc6cc7c(nc6cc5F)-c5cc6c(c(=O)n5C7)COC(=O)[C@]6(O)CC)nc(OC[C@@]56CCCN5C[C@H](F)C6)nc4c3F)c12. The maximum atomic E-state index is 17.4. The van der Waals surface area contributed by atoms with Gasteiger partial charge in [-0.3, -0.25) is 19.5 Å². The second-order valence-electron chi connectivity index (χ2n) is 21.1. The van der Waals surface area contributed by atoms with Crippen molar-refractivity contribution in [2.75, 3.05) is 49.5 Å². The smallest absolute Gasteiger partial charge is 0.343 e. The molecule has 6 aliphatic heterocycles. The Bertz CT molecular complexity index is 3870. The largest absolute Gasteiger partial charge is 0.508 e. The standard InChI is InChI=1S/C57H49F4N9O7/c1-4-36-41(59)10-7-29-14-35(71)16-37(46(29)36)49-47(61)50-38(21-63-49)51(66-55(65-50)77-27-56-11-6-12-68(56)23-32(58)19-56)67-24-33-8-9-34(25-67)70(33)52(72)28(3)20-62-44-15-30-13-31-22-69-45(48(31)64-43(30)18-42(44)60)17-40-39(53(69)73)26-76-54(74)57(40,75)5-2/h1,7,10,13-18,21,32-34,62,71,75H,3,5-6,8-9,11-12,19-20,22-27H2,2H3/t32-,33?,34?,56+,57+/m1/s1. The van der Waals surface area contributed by atoms with Crippen molar-refractivity contribution in [3.8, 4) is 46.7 Å². The van der Waals surface area contributed by atoms with Crippen LogP contribution in [0.2, 0.25) is 0 Å². The fraction of sp³-hybridized carbons (Fsp3) is 0.351. The Morgan fingerprint density at radius 3 is 2.60 bits per heavy atom. The van der Waals surface area contributed by atoms with Crippen LogP contribution in [0.1, 0.15) is 67.7 Å². The summed E-state index contributed by atoms with van der Waals surface area (Å²) < 4.78 is 76.3. The molecule has 0 aliphatic carbocycles. The van der Waals surface area contributed by atoms with Crippen molar-refractivity contribution in [1.29, 1.82) is 0 Å². The lowest BCUT2D eigenvalue weighted by molar-refractivity contribution is -0.172. The monoisotopic (exact) mass is 1050 g/mol. The van der Waals surface area contributed by atoms with Crippen LogP contribution in [0.25, 0.3) is 55.2 Å².